The van der Waals surface area contributed by atoms with Crippen LogP contribution >= 0.6 is 15.9 Å². The van der Waals surface area contributed by atoms with E-state index in [2.05, 4.69) is 15.9 Å². The molecule has 0 heterocycles. The van der Waals surface area contributed by atoms with E-state index < -0.39 is 11.8 Å². The molecule has 0 spiro atoms. The molecule has 0 fully saturated rings. The van der Waals surface area contributed by atoms with Gasteiger partial charge in [-0.1, -0.05) is 0 Å². The number of halogens is 2. The van der Waals surface area contributed by atoms with Crippen molar-refractivity contribution in [3.63, 3.8) is 0 Å². The van der Waals surface area contributed by atoms with Gasteiger partial charge in [0.25, 0.3) is 0 Å². The van der Waals surface area contributed by atoms with Gasteiger partial charge in [0.05, 0.1) is 4.47 Å². The highest BCUT2D eigenvalue weighted by atomic mass is 79.9. The molecule has 0 bridgehead atoms. The van der Waals surface area contributed by atoms with E-state index in [9.17, 15) is 14.3 Å². The number of carboxylic acids is 1. The monoisotopic (exact) mass is 260 g/mol. The van der Waals surface area contributed by atoms with E-state index in [-0.39, 0.29) is 15.8 Å². The summed E-state index contributed by atoms with van der Waals surface area (Å²) in [4.78, 5) is 10.2. The van der Waals surface area contributed by atoms with Gasteiger partial charge in [-0.2, -0.15) is 0 Å². The van der Waals surface area contributed by atoms with Gasteiger partial charge in [0.15, 0.2) is 0 Å². The Morgan fingerprint density at radius 1 is 1.50 bits per heavy atom. The van der Waals surface area contributed by atoms with Crippen LogP contribution < -0.4 is 0 Å². The van der Waals surface area contributed by atoms with Crippen LogP contribution in [0.5, 0.6) is 5.75 Å². The van der Waals surface area contributed by atoms with Gasteiger partial charge in [0.1, 0.15) is 11.6 Å². The van der Waals surface area contributed by atoms with Crippen LogP contribution in [0.25, 0.3) is 6.08 Å². The first kappa shape index (κ1) is 10.7. The zero-order valence-electron chi connectivity index (χ0n) is 6.87. The second-order valence-corrected chi connectivity index (χ2v) is 3.35. The minimum atomic E-state index is -1.17. The number of benzene rings is 1. The summed E-state index contributed by atoms with van der Waals surface area (Å²) >= 11 is 2.93. The Kier molecular flexibility index (Phi) is 3.24. The first-order valence-corrected chi connectivity index (χ1v) is 4.39. The molecular weight excluding hydrogens is 255 g/mol. The minimum Gasteiger partial charge on any atom is -0.507 e. The number of phenols is 1. The molecule has 0 amide bonds. The van der Waals surface area contributed by atoms with Crippen molar-refractivity contribution in [3.8, 4) is 5.75 Å². The molecule has 0 aromatic heterocycles. The second-order valence-electron chi connectivity index (χ2n) is 2.50. The molecule has 0 aliphatic heterocycles. The number of phenolic OH excluding ortho intramolecular Hbond substituents is 1. The lowest BCUT2D eigenvalue weighted by Gasteiger charge is -2.00. The molecule has 0 saturated heterocycles. The van der Waals surface area contributed by atoms with E-state index in [0.717, 1.165) is 24.3 Å². The summed E-state index contributed by atoms with van der Waals surface area (Å²) in [6.45, 7) is 0. The van der Waals surface area contributed by atoms with Crippen molar-refractivity contribution < 1.29 is 19.4 Å². The number of carboxylic acid groups (broad SMARTS) is 1. The zero-order valence-corrected chi connectivity index (χ0v) is 8.45. The number of rotatable bonds is 2. The molecule has 0 radical (unpaired) electrons. The molecular formula is C9H6BrFO3. The van der Waals surface area contributed by atoms with Gasteiger partial charge in [0.2, 0.25) is 0 Å². The molecule has 0 unspecified atom stereocenters. The van der Waals surface area contributed by atoms with Crippen LogP contribution in [0.15, 0.2) is 22.7 Å². The topological polar surface area (TPSA) is 57.5 Å². The Morgan fingerprint density at radius 3 is 2.71 bits per heavy atom. The highest BCUT2D eigenvalue weighted by Gasteiger charge is 2.05. The maximum Gasteiger partial charge on any atom is 0.328 e. The SMILES string of the molecule is O=C(O)/C=C/c1cc(O)c(Br)cc1F. The summed E-state index contributed by atoms with van der Waals surface area (Å²) in [5.74, 6) is -1.92. The third-order valence-electron chi connectivity index (χ3n) is 1.47. The van der Waals surface area contributed by atoms with Crippen LogP contribution in [0.4, 0.5) is 4.39 Å². The van der Waals surface area contributed by atoms with Gasteiger partial charge in [-0.05, 0) is 34.1 Å². The van der Waals surface area contributed by atoms with Gasteiger partial charge in [0, 0.05) is 11.6 Å². The summed E-state index contributed by atoms with van der Waals surface area (Å²) in [6.07, 6.45) is 1.87. The summed E-state index contributed by atoms with van der Waals surface area (Å²) in [6, 6.07) is 2.20. The smallest absolute Gasteiger partial charge is 0.328 e. The molecule has 14 heavy (non-hydrogen) atoms. The Morgan fingerprint density at radius 2 is 2.14 bits per heavy atom. The molecule has 3 nitrogen and oxygen atoms in total. The Bertz CT molecular complexity index is 401. The van der Waals surface area contributed by atoms with Crippen molar-refractivity contribution in [3.05, 3.63) is 34.1 Å². The molecule has 2 N–H and O–H groups in total. The lowest BCUT2D eigenvalue weighted by molar-refractivity contribution is -0.131. The normalized spacial score (nSPS) is 10.7. The number of hydrogen-bond donors (Lipinski definition) is 2. The average Bonchev–Trinajstić information content (AvgIpc) is 2.09. The fourth-order valence-electron chi connectivity index (χ4n) is 0.843. The van der Waals surface area contributed by atoms with E-state index in [1.165, 1.54) is 0 Å². The maximum atomic E-state index is 13.1. The summed E-state index contributed by atoms with van der Waals surface area (Å²) in [5.41, 5.74) is 0.0214. The molecule has 0 saturated carbocycles. The third kappa shape index (κ3) is 2.56. The summed E-state index contributed by atoms with van der Waals surface area (Å²) in [5, 5.41) is 17.5. The first-order valence-electron chi connectivity index (χ1n) is 3.59. The molecule has 1 aromatic carbocycles. The van der Waals surface area contributed by atoms with Crippen molar-refractivity contribution in [1.82, 2.24) is 0 Å². The van der Waals surface area contributed by atoms with Gasteiger partial charge in [-0.25, -0.2) is 9.18 Å². The molecule has 5 heteroatoms. The van der Waals surface area contributed by atoms with Crippen LogP contribution in [-0.2, 0) is 4.79 Å². The highest BCUT2D eigenvalue weighted by Crippen LogP contribution is 2.27. The van der Waals surface area contributed by atoms with Crippen molar-refractivity contribution in [2.75, 3.05) is 0 Å². The van der Waals surface area contributed by atoms with E-state index in [1.807, 2.05) is 0 Å². The lowest BCUT2D eigenvalue weighted by Crippen LogP contribution is -1.88. The van der Waals surface area contributed by atoms with Gasteiger partial charge < -0.3 is 10.2 Å². The number of aromatic hydroxyl groups is 1. The molecule has 1 rings (SSSR count). The van der Waals surface area contributed by atoms with Crippen LogP contribution in [0.1, 0.15) is 5.56 Å². The van der Waals surface area contributed by atoms with Gasteiger partial charge in [-0.3, -0.25) is 0 Å². The second kappa shape index (κ2) is 4.23. The minimum absolute atomic E-state index is 0.0214. The number of hydrogen-bond acceptors (Lipinski definition) is 2. The van der Waals surface area contributed by atoms with Crippen LogP contribution in [-0.4, -0.2) is 16.2 Å². The fraction of sp³-hybridized carbons (Fsp3) is 0. The maximum absolute atomic E-state index is 13.1. The van der Waals surface area contributed by atoms with E-state index in [1.54, 1.807) is 0 Å². The zero-order chi connectivity index (χ0) is 10.7. The Labute approximate surface area is 87.6 Å². The largest absolute Gasteiger partial charge is 0.507 e. The Balaban J connectivity index is 3.10. The van der Waals surface area contributed by atoms with Crippen molar-refractivity contribution in [1.29, 1.82) is 0 Å². The fourth-order valence-corrected chi connectivity index (χ4v) is 1.16. The summed E-state index contributed by atoms with van der Waals surface area (Å²) < 4.78 is 13.3. The van der Waals surface area contributed by atoms with Gasteiger partial charge in [-0.15, -0.1) is 0 Å². The van der Waals surface area contributed by atoms with E-state index in [0.29, 0.717) is 0 Å². The van der Waals surface area contributed by atoms with E-state index in [4.69, 9.17) is 5.11 Å². The molecule has 0 atom stereocenters. The van der Waals surface area contributed by atoms with Gasteiger partial charge >= 0.3 is 5.97 Å². The van der Waals surface area contributed by atoms with Crippen molar-refractivity contribution in [2.45, 2.75) is 0 Å². The number of carbonyl (C=O) groups is 1. The predicted octanol–water partition coefficient (Wildman–Crippen LogP) is 2.39. The molecule has 0 aliphatic rings. The molecule has 1 aromatic rings. The molecule has 74 valence electrons. The van der Waals surface area contributed by atoms with E-state index >= 15 is 0 Å². The first-order chi connectivity index (χ1) is 6.50. The highest BCUT2D eigenvalue weighted by molar-refractivity contribution is 9.10. The quantitative estimate of drug-likeness (QED) is 0.803. The number of aliphatic carboxylic acids is 1. The third-order valence-corrected chi connectivity index (χ3v) is 2.11. The van der Waals surface area contributed by atoms with Crippen molar-refractivity contribution >= 4 is 28.0 Å². The predicted molar refractivity (Wildman–Crippen MR) is 52.4 cm³/mol. The van der Waals surface area contributed by atoms with Crippen LogP contribution in [0.3, 0.4) is 0 Å². The van der Waals surface area contributed by atoms with Crippen LogP contribution in [0.2, 0.25) is 0 Å². The standard InChI is InChI=1S/C9H6BrFO3/c10-6-4-7(11)5(3-8(6)12)1-2-9(13)14/h1-4,12H,(H,13,14)/b2-1+. The average molecular weight is 261 g/mol. The summed E-state index contributed by atoms with van der Waals surface area (Å²) in [7, 11) is 0. The molecule has 0 aliphatic carbocycles. The Hall–Kier alpha value is -1.36. The lowest BCUT2D eigenvalue weighted by atomic mass is 10.2. The van der Waals surface area contributed by atoms with Crippen molar-refractivity contribution in [2.24, 2.45) is 0 Å². The van der Waals surface area contributed by atoms with Crippen LogP contribution in [0, 0.1) is 5.82 Å².